The molecule has 0 saturated heterocycles. The lowest BCUT2D eigenvalue weighted by molar-refractivity contribution is -0.174. The molecule has 0 amide bonds. The van der Waals surface area contributed by atoms with Crippen LogP contribution in [0.3, 0.4) is 0 Å². The molecule has 0 aromatic carbocycles. The van der Waals surface area contributed by atoms with Crippen molar-refractivity contribution in [3.05, 3.63) is 18.0 Å². The number of hydrogen-bond donors (Lipinski definition) is 1. The van der Waals surface area contributed by atoms with E-state index in [9.17, 15) is 18.0 Å². The van der Waals surface area contributed by atoms with Crippen LogP contribution in [-0.4, -0.2) is 36.5 Å². The Hall–Kier alpha value is -1.70. The summed E-state index contributed by atoms with van der Waals surface area (Å²) >= 11 is 0. The lowest BCUT2D eigenvalue weighted by atomic mass is 10.4. The molecule has 0 fully saturated rings. The van der Waals surface area contributed by atoms with Gasteiger partial charge in [0.1, 0.15) is 12.3 Å². The third kappa shape index (κ3) is 6.52. The van der Waals surface area contributed by atoms with Crippen LogP contribution < -0.4 is 5.73 Å². The van der Waals surface area contributed by atoms with Crippen molar-refractivity contribution in [1.82, 2.24) is 4.57 Å². The zero-order chi connectivity index (χ0) is 15.9. The minimum Gasteiger partial charge on any atom is -0.461 e. The average Bonchev–Trinajstić information content (AvgIpc) is 2.74. The summed E-state index contributed by atoms with van der Waals surface area (Å²) in [6.07, 6.45) is -1.66. The molecular formula is C13H19F3N2O3. The number of aromatic nitrogens is 1. The maximum absolute atomic E-state index is 11.8. The lowest BCUT2D eigenvalue weighted by Gasteiger charge is -2.09. The fraction of sp³-hybridized carbons (Fsp3) is 0.615. The summed E-state index contributed by atoms with van der Waals surface area (Å²) in [6, 6.07) is 1.51. The van der Waals surface area contributed by atoms with Crippen LogP contribution in [0.15, 0.2) is 12.3 Å². The topological polar surface area (TPSA) is 66.5 Å². The fourth-order valence-electron chi connectivity index (χ4n) is 1.72. The minimum absolute atomic E-state index is 0.00605. The normalized spacial score (nSPS) is 11.6. The van der Waals surface area contributed by atoms with Gasteiger partial charge in [-0.15, -0.1) is 0 Å². The van der Waals surface area contributed by atoms with E-state index in [-0.39, 0.29) is 19.6 Å². The molecule has 0 aliphatic carbocycles. The van der Waals surface area contributed by atoms with Gasteiger partial charge in [-0.05, 0) is 12.5 Å². The summed E-state index contributed by atoms with van der Waals surface area (Å²) < 4.78 is 46.5. The molecule has 0 aliphatic rings. The second kappa shape index (κ2) is 7.92. The first-order valence-corrected chi connectivity index (χ1v) is 6.60. The van der Waals surface area contributed by atoms with Gasteiger partial charge in [0.2, 0.25) is 0 Å². The van der Waals surface area contributed by atoms with Crippen molar-refractivity contribution < 1.29 is 27.4 Å². The first-order chi connectivity index (χ1) is 9.83. The molecule has 120 valence electrons. The van der Waals surface area contributed by atoms with E-state index in [1.807, 2.05) is 6.92 Å². The number of halogens is 3. The summed E-state index contributed by atoms with van der Waals surface area (Å²) in [5.41, 5.74) is 6.43. The Kier molecular flexibility index (Phi) is 6.54. The summed E-state index contributed by atoms with van der Waals surface area (Å²) in [6.45, 7) is 1.18. The van der Waals surface area contributed by atoms with E-state index in [1.165, 1.54) is 6.07 Å². The fourth-order valence-corrected chi connectivity index (χ4v) is 1.72. The van der Waals surface area contributed by atoms with Crippen LogP contribution in [0.1, 0.15) is 30.3 Å². The highest BCUT2D eigenvalue weighted by atomic mass is 19.4. The third-order valence-corrected chi connectivity index (χ3v) is 2.52. The van der Waals surface area contributed by atoms with Crippen molar-refractivity contribution in [2.45, 2.75) is 32.5 Å². The number of nitrogen functional groups attached to an aromatic ring is 1. The van der Waals surface area contributed by atoms with Crippen molar-refractivity contribution in [2.24, 2.45) is 0 Å². The van der Waals surface area contributed by atoms with Gasteiger partial charge in [0.05, 0.1) is 18.9 Å². The van der Waals surface area contributed by atoms with Gasteiger partial charge in [-0.25, -0.2) is 4.79 Å². The average molecular weight is 308 g/mol. The van der Waals surface area contributed by atoms with Gasteiger partial charge in [-0.2, -0.15) is 13.2 Å². The number of aryl methyl sites for hydroxylation is 1. The van der Waals surface area contributed by atoms with Crippen LogP contribution in [0.5, 0.6) is 0 Å². The number of rotatable bonds is 8. The molecule has 2 N–H and O–H groups in total. The number of ether oxygens (including phenoxy) is 2. The van der Waals surface area contributed by atoms with Gasteiger partial charge in [0.25, 0.3) is 0 Å². The number of alkyl halides is 3. The second-order valence-electron chi connectivity index (χ2n) is 4.51. The summed E-state index contributed by atoms with van der Waals surface area (Å²) in [7, 11) is 0. The SMILES string of the molecule is CCCn1cc(N)cc1C(=O)OCCCOCC(F)(F)F. The van der Waals surface area contributed by atoms with E-state index in [0.29, 0.717) is 17.9 Å². The molecule has 1 aromatic heterocycles. The number of nitrogens with zero attached hydrogens (tertiary/aromatic N) is 1. The largest absolute Gasteiger partial charge is 0.461 e. The lowest BCUT2D eigenvalue weighted by Crippen LogP contribution is -2.18. The first kappa shape index (κ1) is 17.4. The van der Waals surface area contributed by atoms with E-state index in [0.717, 1.165) is 6.42 Å². The van der Waals surface area contributed by atoms with E-state index >= 15 is 0 Å². The first-order valence-electron chi connectivity index (χ1n) is 6.60. The Morgan fingerprint density at radius 3 is 2.71 bits per heavy atom. The molecule has 0 aliphatic heterocycles. The number of carbonyl (C=O) groups is 1. The van der Waals surface area contributed by atoms with Gasteiger partial charge < -0.3 is 19.8 Å². The van der Waals surface area contributed by atoms with Crippen molar-refractivity contribution in [1.29, 1.82) is 0 Å². The van der Waals surface area contributed by atoms with Crippen molar-refractivity contribution in [3.63, 3.8) is 0 Å². The molecule has 0 saturated carbocycles. The Morgan fingerprint density at radius 1 is 1.38 bits per heavy atom. The van der Waals surface area contributed by atoms with E-state index < -0.39 is 18.8 Å². The molecule has 0 radical (unpaired) electrons. The maximum Gasteiger partial charge on any atom is 0.411 e. The highest BCUT2D eigenvalue weighted by Gasteiger charge is 2.27. The van der Waals surface area contributed by atoms with Crippen molar-refractivity contribution >= 4 is 11.7 Å². The highest BCUT2D eigenvalue weighted by Crippen LogP contribution is 2.15. The number of carbonyl (C=O) groups excluding carboxylic acids is 1. The van der Waals surface area contributed by atoms with Gasteiger partial charge in [-0.3, -0.25) is 0 Å². The number of hydrogen-bond acceptors (Lipinski definition) is 4. The van der Waals surface area contributed by atoms with Crippen LogP contribution in [0.4, 0.5) is 18.9 Å². The molecule has 8 heteroatoms. The predicted molar refractivity (Wildman–Crippen MR) is 70.9 cm³/mol. The molecule has 21 heavy (non-hydrogen) atoms. The molecule has 0 unspecified atom stereocenters. The smallest absolute Gasteiger partial charge is 0.411 e. The quantitative estimate of drug-likeness (QED) is 0.592. The van der Waals surface area contributed by atoms with Crippen molar-refractivity contribution in [3.8, 4) is 0 Å². The van der Waals surface area contributed by atoms with Crippen LogP contribution in [0.25, 0.3) is 0 Å². The summed E-state index contributed by atoms with van der Waals surface area (Å²) in [5, 5.41) is 0. The Balaban J connectivity index is 2.31. The Morgan fingerprint density at radius 2 is 2.10 bits per heavy atom. The van der Waals surface area contributed by atoms with Gasteiger partial charge in [0.15, 0.2) is 0 Å². The Bertz CT molecular complexity index is 458. The highest BCUT2D eigenvalue weighted by molar-refractivity contribution is 5.89. The maximum atomic E-state index is 11.8. The van der Waals surface area contributed by atoms with Crippen LogP contribution in [0.2, 0.25) is 0 Å². The zero-order valence-corrected chi connectivity index (χ0v) is 11.8. The predicted octanol–water partition coefficient (Wildman–Crippen LogP) is 2.61. The van der Waals surface area contributed by atoms with Gasteiger partial charge in [-0.1, -0.05) is 6.92 Å². The molecule has 1 heterocycles. The van der Waals surface area contributed by atoms with E-state index in [4.69, 9.17) is 10.5 Å². The van der Waals surface area contributed by atoms with E-state index in [2.05, 4.69) is 4.74 Å². The van der Waals surface area contributed by atoms with Crippen LogP contribution in [-0.2, 0) is 16.0 Å². The molecule has 0 atom stereocenters. The van der Waals surface area contributed by atoms with E-state index in [1.54, 1.807) is 10.8 Å². The summed E-state index contributed by atoms with van der Waals surface area (Å²) in [5.74, 6) is -0.545. The number of nitrogens with two attached hydrogens (primary N) is 1. The molecule has 0 spiro atoms. The summed E-state index contributed by atoms with van der Waals surface area (Å²) in [4.78, 5) is 11.8. The molecule has 1 aromatic rings. The standard InChI is InChI=1S/C13H19F3N2O3/c1-2-4-18-8-10(17)7-11(18)12(19)21-6-3-5-20-9-13(14,15)16/h7-8H,2-6,9,17H2,1H3. The number of esters is 1. The van der Waals surface area contributed by atoms with Crippen LogP contribution in [0, 0.1) is 0 Å². The van der Waals surface area contributed by atoms with Crippen molar-refractivity contribution in [2.75, 3.05) is 25.6 Å². The Labute approximate surface area is 120 Å². The number of anilines is 1. The zero-order valence-electron chi connectivity index (χ0n) is 11.8. The molecule has 0 bridgehead atoms. The molecule has 5 nitrogen and oxygen atoms in total. The second-order valence-corrected chi connectivity index (χ2v) is 4.51. The molecular weight excluding hydrogens is 289 g/mol. The minimum atomic E-state index is -4.34. The van der Waals surface area contributed by atoms with Gasteiger partial charge >= 0.3 is 12.1 Å². The van der Waals surface area contributed by atoms with Gasteiger partial charge in [0, 0.05) is 19.2 Å². The molecule has 1 rings (SSSR count). The van der Waals surface area contributed by atoms with Crippen LogP contribution >= 0.6 is 0 Å². The third-order valence-electron chi connectivity index (χ3n) is 2.52. The monoisotopic (exact) mass is 308 g/mol.